The van der Waals surface area contributed by atoms with E-state index in [-0.39, 0.29) is 16.8 Å². The summed E-state index contributed by atoms with van der Waals surface area (Å²) in [5, 5.41) is 14.8. The summed E-state index contributed by atoms with van der Waals surface area (Å²) >= 11 is 0. The van der Waals surface area contributed by atoms with E-state index in [1.165, 1.54) is 12.1 Å². The lowest BCUT2D eigenvalue weighted by molar-refractivity contribution is 0.0934. The number of nitrogens with two attached hydrogens (primary N) is 1. The summed E-state index contributed by atoms with van der Waals surface area (Å²) in [7, 11) is -3.72. The number of nitrogens with one attached hydrogen (secondary N) is 2. The zero-order chi connectivity index (χ0) is 17.9. The fourth-order valence-electron chi connectivity index (χ4n) is 2.32. The summed E-state index contributed by atoms with van der Waals surface area (Å²) in [6, 6.07) is 7.54. The van der Waals surface area contributed by atoms with Gasteiger partial charge in [-0.3, -0.25) is 9.89 Å². The van der Waals surface area contributed by atoms with Gasteiger partial charge in [-0.2, -0.15) is 5.10 Å². The highest BCUT2D eigenvalue weighted by atomic mass is 32.2. The molecule has 0 saturated carbocycles. The second kappa shape index (κ2) is 7.14. The first-order valence-corrected chi connectivity index (χ1v) is 9.19. The molecule has 8 heteroatoms. The van der Waals surface area contributed by atoms with Crippen LogP contribution >= 0.6 is 0 Å². The molecule has 1 amide bonds. The molecule has 24 heavy (non-hydrogen) atoms. The highest BCUT2D eigenvalue weighted by Gasteiger charge is 2.15. The van der Waals surface area contributed by atoms with Gasteiger partial charge >= 0.3 is 0 Å². The van der Waals surface area contributed by atoms with Crippen LogP contribution in [0.1, 0.15) is 48.6 Å². The van der Waals surface area contributed by atoms with Gasteiger partial charge < -0.3 is 5.32 Å². The number of nitrogens with zero attached hydrogens (tertiary/aromatic N) is 1. The molecule has 0 radical (unpaired) electrons. The molecule has 130 valence electrons. The van der Waals surface area contributed by atoms with E-state index < -0.39 is 10.0 Å². The molecule has 0 saturated heterocycles. The average Bonchev–Trinajstić information content (AvgIpc) is 2.94. The van der Waals surface area contributed by atoms with E-state index in [2.05, 4.69) is 29.4 Å². The Morgan fingerprint density at radius 3 is 2.42 bits per heavy atom. The zero-order valence-electron chi connectivity index (χ0n) is 13.9. The molecular formula is C16H22N4O3S. The van der Waals surface area contributed by atoms with Crippen LogP contribution in [0.5, 0.6) is 0 Å². The van der Waals surface area contributed by atoms with Gasteiger partial charge in [0.1, 0.15) is 5.69 Å². The van der Waals surface area contributed by atoms with Crippen molar-refractivity contribution < 1.29 is 13.2 Å². The number of aromatic amines is 1. The minimum atomic E-state index is -3.72. The van der Waals surface area contributed by atoms with E-state index in [1.54, 1.807) is 18.2 Å². The van der Waals surface area contributed by atoms with E-state index in [0.717, 1.165) is 17.7 Å². The first-order chi connectivity index (χ1) is 11.2. The lowest BCUT2D eigenvalue weighted by Gasteiger charge is -2.13. The Bertz CT molecular complexity index is 810. The zero-order valence-corrected chi connectivity index (χ0v) is 14.7. The van der Waals surface area contributed by atoms with E-state index in [4.69, 9.17) is 5.14 Å². The normalized spacial score (nSPS) is 13.0. The Kier molecular flexibility index (Phi) is 5.40. The Balaban J connectivity index is 2.04. The molecule has 2 rings (SSSR count). The number of hydrogen-bond donors (Lipinski definition) is 3. The predicted octanol–water partition coefficient (Wildman–Crippen LogP) is 1.75. The molecule has 1 heterocycles. The molecule has 2 aromatic rings. The van der Waals surface area contributed by atoms with Crippen LogP contribution in [0.15, 0.2) is 35.2 Å². The Hall–Kier alpha value is -2.19. The summed E-state index contributed by atoms with van der Waals surface area (Å²) in [6.45, 7) is 5.99. The Morgan fingerprint density at radius 1 is 1.25 bits per heavy atom. The lowest BCUT2D eigenvalue weighted by Crippen LogP contribution is -2.27. The molecule has 0 fully saturated rings. The van der Waals surface area contributed by atoms with Crippen LogP contribution in [0.25, 0.3) is 0 Å². The van der Waals surface area contributed by atoms with Crippen LogP contribution in [-0.4, -0.2) is 24.5 Å². The molecule has 0 aliphatic carbocycles. The molecule has 1 unspecified atom stereocenters. The number of carbonyl (C=O) groups excluding carboxylic acids is 1. The maximum absolute atomic E-state index is 12.2. The summed E-state index contributed by atoms with van der Waals surface area (Å²) in [5.41, 5.74) is 2.02. The van der Waals surface area contributed by atoms with E-state index >= 15 is 0 Å². The van der Waals surface area contributed by atoms with Crippen LogP contribution in [0, 0.1) is 5.92 Å². The quantitative estimate of drug-likeness (QED) is 0.735. The molecule has 0 spiro atoms. The molecule has 1 atom stereocenters. The van der Waals surface area contributed by atoms with Gasteiger partial charge in [-0.05, 0) is 43.0 Å². The summed E-state index contributed by atoms with van der Waals surface area (Å²) in [6.07, 6.45) is 0.824. The van der Waals surface area contributed by atoms with Gasteiger partial charge in [0, 0.05) is 5.69 Å². The molecule has 0 bridgehead atoms. The largest absolute Gasteiger partial charge is 0.344 e. The number of primary sulfonamides is 1. The fourth-order valence-corrected chi connectivity index (χ4v) is 2.84. The number of benzene rings is 1. The fraction of sp³-hybridized carbons (Fsp3) is 0.375. The summed E-state index contributed by atoms with van der Waals surface area (Å²) in [4.78, 5) is 12.3. The van der Waals surface area contributed by atoms with Gasteiger partial charge in [-0.15, -0.1) is 0 Å². The predicted molar refractivity (Wildman–Crippen MR) is 90.8 cm³/mol. The van der Waals surface area contributed by atoms with Crippen molar-refractivity contribution in [2.24, 2.45) is 11.1 Å². The van der Waals surface area contributed by atoms with Crippen molar-refractivity contribution in [3.8, 4) is 0 Å². The van der Waals surface area contributed by atoms with Gasteiger partial charge in [0.25, 0.3) is 5.91 Å². The van der Waals surface area contributed by atoms with Crippen molar-refractivity contribution in [3.63, 3.8) is 0 Å². The van der Waals surface area contributed by atoms with E-state index in [9.17, 15) is 13.2 Å². The van der Waals surface area contributed by atoms with Gasteiger partial charge in [0.2, 0.25) is 10.0 Å². The van der Waals surface area contributed by atoms with E-state index in [0.29, 0.717) is 11.6 Å². The van der Waals surface area contributed by atoms with Crippen molar-refractivity contribution in [2.75, 3.05) is 0 Å². The van der Waals surface area contributed by atoms with Crippen molar-refractivity contribution in [1.29, 1.82) is 0 Å². The minimum Gasteiger partial charge on any atom is -0.344 e. The Morgan fingerprint density at radius 2 is 1.88 bits per heavy atom. The number of amides is 1. The van der Waals surface area contributed by atoms with Crippen molar-refractivity contribution in [3.05, 3.63) is 47.3 Å². The van der Waals surface area contributed by atoms with Crippen LogP contribution < -0.4 is 10.5 Å². The third kappa shape index (κ3) is 4.65. The van der Waals surface area contributed by atoms with Crippen molar-refractivity contribution in [1.82, 2.24) is 15.5 Å². The maximum Gasteiger partial charge on any atom is 0.272 e. The standard InChI is InChI=1S/C16H22N4O3S/c1-10(2)8-13-9-15(20-19-13)16(21)18-11(3)12-4-6-14(7-5-12)24(17,22)23/h4-7,9-11H,8H2,1-3H3,(H,18,21)(H,19,20)(H2,17,22,23). The average molecular weight is 350 g/mol. The number of aromatic nitrogens is 2. The first kappa shape index (κ1) is 18.2. The number of H-pyrrole nitrogens is 1. The van der Waals surface area contributed by atoms with Crippen LogP contribution in [0.2, 0.25) is 0 Å². The SMILES string of the molecule is CC(C)Cc1cc(C(=O)NC(C)c2ccc(S(N)(=O)=O)cc2)n[nH]1. The topological polar surface area (TPSA) is 118 Å². The summed E-state index contributed by atoms with van der Waals surface area (Å²) < 4.78 is 22.5. The molecule has 4 N–H and O–H groups in total. The molecule has 7 nitrogen and oxygen atoms in total. The third-order valence-corrected chi connectivity index (χ3v) is 4.48. The molecule has 1 aromatic heterocycles. The first-order valence-electron chi connectivity index (χ1n) is 7.64. The Labute approximate surface area is 141 Å². The van der Waals surface area contributed by atoms with Gasteiger partial charge in [0.05, 0.1) is 10.9 Å². The molecule has 0 aliphatic rings. The molecule has 0 aliphatic heterocycles. The number of hydrogen-bond acceptors (Lipinski definition) is 4. The van der Waals surface area contributed by atoms with Crippen molar-refractivity contribution in [2.45, 2.75) is 38.1 Å². The minimum absolute atomic E-state index is 0.0374. The lowest BCUT2D eigenvalue weighted by atomic mass is 10.1. The smallest absolute Gasteiger partial charge is 0.272 e. The van der Waals surface area contributed by atoms with Crippen LogP contribution in [-0.2, 0) is 16.4 Å². The monoisotopic (exact) mass is 350 g/mol. The van der Waals surface area contributed by atoms with Crippen LogP contribution in [0.3, 0.4) is 0 Å². The van der Waals surface area contributed by atoms with Crippen molar-refractivity contribution >= 4 is 15.9 Å². The third-order valence-electron chi connectivity index (χ3n) is 3.55. The van der Waals surface area contributed by atoms with Crippen LogP contribution in [0.4, 0.5) is 0 Å². The van der Waals surface area contributed by atoms with Gasteiger partial charge in [-0.1, -0.05) is 26.0 Å². The number of sulfonamides is 1. The van der Waals surface area contributed by atoms with Gasteiger partial charge in [-0.25, -0.2) is 13.6 Å². The highest BCUT2D eigenvalue weighted by molar-refractivity contribution is 7.89. The summed E-state index contributed by atoms with van der Waals surface area (Å²) in [5.74, 6) is 0.182. The maximum atomic E-state index is 12.2. The molecular weight excluding hydrogens is 328 g/mol. The van der Waals surface area contributed by atoms with E-state index in [1.807, 2.05) is 6.92 Å². The number of carbonyl (C=O) groups is 1. The second-order valence-corrected chi connectivity index (χ2v) is 7.75. The number of rotatable bonds is 6. The second-order valence-electron chi connectivity index (χ2n) is 6.19. The van der Waals surface area contributed by atoms with Gasteiger partial charge in [0.15, 0.2) is 0 Å². The molecule has 1 aromatic carbocycles. The highest BCUT2D eigenvalue weighted by Crippen LogP contribution is 2.16.